The first-order valence-corrected chi connectivity index (χ1v) is 10.9. The van der Waals surface area contributed by atoms with Crippen molar-refractivity contribution in [2.24, 2.45) is 0 Å². The minimum absolute atomic E-state index is 0.133. The topological polar surface area (TPSA) is 88.1 Å². The number of aromatic nitrogens is 4. The van der Waals surface area contributed by atoms with E-state index in [0.29, 0.717) is 18.6 Å². The summed E-state index contributed by atoms with van der Waals surface area (Å²) in [5.41, 5.74) is 0.593. The molecule has 156 valence electrons. The summed E-state index contributed by atoms with van der Waals surface area (Å²) in [6.07, 6.45) is 4.74. The molecule has 0 N–H and O–H groups in total. The highest BCUT2D eigenvalue weighted by Gasteiger charge is 2.18. The van der Waals surface area contributed by atoms with Crippen molar-refractivity contribution >= 4 is 22.3 Å². The third-order valence-corrected chi connectivity index (χ3v) is 5.48. The summed E-state index contributed by atoms with van der Waals surface area (Å²) < 4.78 is 21.9. The van der Waals surface area contributed by atoms with Crippen LogP contribution in [0.25, 0.3) is 11.0 Å². The Morgan fingerprint density at radius 3 is 2.31 bits per heavy atom. The minimum atomic E-state index is -1.92. The molecule has 0 spiro atoms. The van der Waals surface area contributed by atoms with Crippen LogP contribution < -0.4 is 11.2 Å². The van der Waals surface area contributed by atoms with Gasteiger partial charge in [-0.1, -0.05) is 57.0 Å². The van der Waals surface area contributed by atoms with Crippen LogP contribution in [0.3, 0.4) is 0 Å². The molecule has 3 rings (SSSR count). The molecule has 1 unspecified atom stereocenters. The van der Waals surface area contributed by atoms with Crippen molar-refractivity contribution < 1.29 is 8.39 Å². The Morgan fingerprint density at radius 2 is 1.66 bits per heavy atom. The maximum Gasteiger partial charge on any atom is 0.331 e. The van der Waals surface area contributed by atoms with Crippen LogP contribution in [-0.2, 0) is 35.1 Å². The number of benzene rings is 1. The van der Waals surface area contributed by atoms with E-state index in [1.54, 1.807) is 4.57 Å². The number of nitrogens with zero attached hydrogens (tertiary/aromatic N) is 4. The molecule has 0 aliphatic rings. The first-order chi connectivity index (χ1) is 14.1. The predicted molar refractivity (Wildman–Crippen MR) is 113 cm³/mol. The Kier molecular flexibility index (Phi) is 7.16. The van der Waals surface area contributed by atoms with Crippen molar-refractivity contribution in [3.63, 3.8) is 0 Å². The zero-order valence-corrected chi connectivity index (χ0v) is 17.6. The maximum atomic E-state index is 12.9. The van der Waals surface area contributed by atoms with Crippen LogP contribution >= 0.6 is 0 Å². The number of rotatable bonds is 10. The summed E-state index contributed by atoms with van der Waals surface area (Å²) in [5.74, 6) is 0. The van der Waals surface area contributed by atoms with E-state index in [1.807, 2.05) is 44.2 Å². The molecule has 0 fully saturated rings. The van der Waals surface area contributed by atoms with Crippen molar-refractivity contribution in [2.45, 2.75) is 59.2 Å². The van der Waals surface area contributed by atoms with Crippen LogP contribution in [0.1, 0.15) is 45.1 Å². The number of unbranched alkanes of at least 4 members (excludes halogenated alkanes) is 2. The molecule has 1 aromatic carbocycles. The molecule has 3 aromatic rings. The fourth-order valence-corrected chi connectivity index (χ4v) is 3.71. The average Bonchev–Trinajstić information content (AvgIpc) is 3.18. The molecule has 0 saturated carbocycles. The lowest BCUT2D eigenvalue weighted by Crippen LogP contribution is -2.40. The predicted octanol–water partition coefficient (Wildman–Crippen LogP) is 2.60. The monoisotopic (exact) mass is 418 g/mol. The van der Waals surface area contributed by atoms with Gasteiger partial charge in [0.2, 0.25) is 0 Å². The van der Waals surface area contributed by atoms with Gasteiger partial charge >= 0.3 is 5.69 Å². The van der Waals surface area contributed by atoms with E-state index >= 15 is 0 Å². The van der Waals surface area contributed by atoms with Crippen molar-refractivity contribution in [2.75, 3.05) is 0 Å². The fraction of sp³-hybridized carbons (Fsp3) is 0.450. The lowest BCUT2D eigenvalue weighted by Gasteiger charge is -2.10. The Morgan fingerprint density at radius 1 is 1.00 bits per heavy atom. The zero-order valence-electron chi connectivity index (χ0n) is 16.7. The van der Waals surface area contributed by atoms with Crippen LogP contribution in [0.4, 0.5) is 0 Å². The normalized spacial score (nSPS) is 12.5. The number of hydrogen-bond acceptors (Lipinski definition) is 5. The van der Waals surface area contributed by atoms with Crippen LogP contribution in [0.2, 0.25) is 0 Å². The second-order valence-corrected chi connectivity index (χ2v) is 7.87. The van der Waals surface area contributed by atoms with E-state index in [1.165, 1.54) is 10.8 Å². The van der Waals surface area contributed by atoms with E-state index in [4.69, 9.17) is 4.18 Å². The molecule has 0 saturated heterocycles. The van der Waals surface area contributed by atoms with E-state index in [-0.39, 0.29) is 17.8 Å². The van der Waals surface area contributed by atoms with Crippen molar-refractivity contribution in [1.29, 1.82) is 0 Å². The second-order valence-electron chi connectivity index (χ2n) is 6.83. The van der Waals surface area contributed by atoms with Gasteiger partial charge < -0.3 is 0 Å². The molecular formula is C20H26N4O4S. The van der Waals surface area contributed by atoms with E-state index in [9.17, 15) is 13.8 Å². The third-order valence-electron chi connectivity index (χ3n) is 4.67. The highest BCUT2D eigenvalue weighted by atomic mass is 32.2. The number of hydrogen-bond donors (Lipinski definition) is 0. The summed E-state index contributed by atoms with van der Waals surface area (Å²) in [5, 5.41) is 4.20. The summed E-state index contributed by atoms with van der Waals surface area (Å²) in [6, 6.07) is 9.36. The summed E-state index contributed by atoms with van der Waals surface area (Å²) in [6.45, 7) is 5.00. The van der Waals surface area contributed by atoms with Gasteiger partial charge in [0.1, 0.15) is 0 Å². The van der Waals surface area contributed by atoms with Gasteiger partial charge in [-0.05, 0) is 18.4 Å². The van der Waals surface area contributed by atoms with Crippen LogP contribution in [0.5, 0.6) is 0 Å². The highest BCUT2D eigenvalue weighted by Crippen LogP contribution is 2.11. The van der Waals surface area contributed by atoms with Crippen molar-refractivity contribution in [3.05, 3.63) is 62.9 Å². The lowest BCUT2D eigenvalue weighted by atomic mass is 10.2. The van der Waals surface area contributed by atoms with Crippen LogP contribution in [0.15, 0.2) is 46.1 Å². The summed E-state index contributed by atoms with van der Waals surface area (Å²) >= 11 is -1.92. The SMILES string of the molecule is CCCCn1c(=O)c2nn(S(=O)OCc3ccccc3)cc2n(CCCC)c1=O. The molecule has 0 bridgehead atoms. The summed E-state index contributed by atoms with van der Waals surface area (Å²) in [7, 11) is 0. The second kappa shape index (κ2) is 9.80. The molecule has 29 heavy (non-hydrogen) atoms. The fourth-order valence-electron chi connectivity index (χ4n) is 3.03. The van der Waals surface area contributed by atoms with Gasteiger partial charge in [-0.2, -0.15) is 9.19 Å². The maximum absolute atomic E-state index is 12.9. The third kappa shape index (κ3) is 4.73. The molecule has 1 atom stereocenters. The molecular weight excluding hydrogens is 392 g/mol. The Hall–Kier alpha value is -2.52. The van der Waals surface area contributed by atoms with Crippen LogP contribution in [0, 0.1) is 0 Å². The summed E-state index contributed by atoms with van der Waals surface area (Å²) in [4.78, 5) is 25.7. The van der Waals surface area contributed by atoms with Gasteiger partial charge in [0.15, 0.2) is 5.52 Å². The minimum Gasteiger partial charge on any atom is -0.290 e. The van der Waals surface area contributed by atoms with Gasteiger partial charge in [-0.25, -0.2) is 9.00 Å². The van der Waals surface area contributed by atoms with Gasteiger partial charge in [-0.15, -0.1) is 0 Å². The molecule has 8 nitrogen and oxygen atoms in total. The molecule has 2 aromatic heterocycles. The Labute approximate surface area is 171 Å². The quantitative estimate of drug-likeness (QED) is 0.505. The molecule has 0 aliphatic heterocycles. The van der Waals surface area contributed by atoms with E-state index < -0.39 is 16.8 Å². The molecule has 9 heteroatoms. The first-order valence-electron chi connectivity index (χ1n) is 9.89. The van der Waals surface area contributed by atoms with Gasteiger partial charge in [0.05, 0.1) is 18.3 Å². The molecule has 0 aliphatic carbocycles. The van der Waals surface area contributed by atoms with E-state index in [0.717, 1.165) is 35.3 Å². The van der Waals surface area contributed by atoms with Gasteiger partial charge in [-0.3, -0.25) is 18.1 Å². The van der Waals surface area contributed by atoms with E-state index in [2.05, 4.69) is 5.10 Å². The first kappa shape index (κ1) is 21.2. The molecule has 2 heterocycles. The van der Waals surface area contributed by atoms with Gasteiger partial charge in [0.25, 0.3) is 16.8 Å². The molecule has 0 radical (unpaired) electrons. The van der Waals surface area contributed by atoms with Gasteiger partial charge in [0, 0.05) is 13.1 Å². The standard InChI is InChI=1S/C20H26N4O4S/c1-3-5-12-22-17-14-24(29(27)28-15-16-10-8-7-9-11-16)21-18(17)19(25)23(20(22)26)13-6-4-2/h7-11,14H,3-6,12-13,15H2,1-2H3. The smallest absolute Gasteiger partial charge is 0.290 e. The highest BCUT2D eigenvalue weighted by molar-refractivity contribution is 7.78. The Balaban J connectivity index is 1.98. The lowest BCUT2D eigenvalue weighted by molar-refractivity contribution is 0.331. The molecule has 0 amide bonds. The zero-order chi connectivity index (χ0) is 20.8. The largest absolute Gasteiger partial charge is 0.331 e. The Bertz CT molecular complexity index is 1100. The number of fused-ring (bicyclic) bond motifs is 1. The van der Waals surface area contributed by atoms with Crippen molar-refractivity contribution in [3.8, 4) is 0 Å². The van der Waals surface area contributed by atoms with Crippen LogP contribution in [-0.4, -0.2) is 22.5 Å². The average molecular weight is 419 g/mol. The number of aryl methyl sites for hydroxylation is 1. The van der Waals surface area contributed by atoms with Crippen molar-refractivity contribution in [1.82, 2.24) is 18.3 Å².